The SMILES string of the molecule is C[C@H]1NCCC[C@H]1Nc1cncc(-c2cnc3ccc(CC(F)(F)F)cn23)n1. The summed E-state index contributed by atoms with van der Waals surface area (Å²) in [6.07, 6.45) is 3.19. The molecule has 1 aliphatic heterocycles. The minimum Gasteiger partial charge on any atom is -0.364 e. The topological polar surface area (TPSA) is 67.1 Å². The van der Waals surface area contributed by atoms with Crippen molar-refractivity contribution in [3.8, 4) is 11.4 Å². The summed E-state index contributed by atoms with van der Waals surface area (Å²) in [7, 11) is 0. The first-order valence-electron chi connectivity index (χ1n) is 9.24. The molecule has 1 saturated heterocycles. The fraction of sp³-hybridized carbons (Fsp3) is 0.421. The molecular formula is C19H21F3N6. The van der Waals surface area contributed by atoms with Crippen molar-refractivity contribution in [1.29, 1.82) is 0 Å². The average molecular weight is 390 g/mol. The predicted octanol–water partition coefficient (Wildman–Crippen LogP) is 3.45. The van der Waals surface area contributed by atoms with Crippen LogP contribution in [0.1, 0.15) is 25.3 Å². The van der Waals surface area contributed by atoms with Crippen LogP contribution in [0.15, 0.2) is 36.9 Å². The second kappa shape index (κ2) is 7.38. The number of rotatable bonds is 4. The van der Waals surface area contributed by atoms with Crippen LogP contribution in [-0.2, 0) is 6.42 Å². The lowest BCUT2D eigenvalue weighted by Crippen LogP contribution is -2.46. The van der Waals surface area contributed by atoms with Gasteiger partial charge in [-0.1, -0.05) is 6.07 Å². The predicted molar refractivity (Wildman–Crippen MR) is 100 cm³/mol. The van der Waals surface area contributed by atoms with Gasteiger partial charge in [0.2, 0.25) is 0 Å². The Morgan fingerprint density at radius 2 is 2.11 bits per heavy atom. The van der Waals surface area contributed by atoms with E-state index in [1.807, 2.05) is 0 Å². The van der Waals surface area contributed by atoms with Gasteiger partial charge in [-0.3, -0.25) is 9.38 Å². The van der Waals surface area contributed by atoms with Crippen LogP contribution in [0.3, 0.4) is 0 Å². The van der Waals surface area contributed by atoms with Crippen LogP contribution in [0.2, 0.25) is 0 Å². The summed E-state index contributed by atoms with van der Waals surface area (Å²) in [5.41, 5.74) is 1.89. The lowest BCUT2D eigenvalue weighted by atomic mass is 10.00. The van der Waals surface area contributed by atoms with E-state index in [4.69, 9.17) is 0 Å². The Morgan fingerprint density at radius 3 is 2.89 bits per heavy atom. The number of nitrogens with zero attached hydrogens (tertiary/aromatic N) is 4. The minimum absolute atomic E-state index is 0.170. The second-order valence-electron chi connectivity index (χ2n) is 7.13. The third kappa shape index (κ3) is 4.09. The standard InChI is InChI=1S/C19H21F3N6/c1-12-14(3-2-6-24-12)26-17-10-23-8-15(27-17)16-9-25-18-5-4-13(11-28(16)18)7-19(20,21)22/h4-5,8-12,14,24H,2-3,6-7H2,1H3,(H,26,27)/t12-,14-/m1/s1. The number of anilines is 1. The molecular weight excluding hydrogens is 369 g/mol. The molecule has 148 valence electrons. The number of alkyl halides is 3. The first-order valence-corrected chi connectivity index (χ1v) is 9.24. The smallest absolute Gasteiger partial charge is 0.364 e. The van der Waals surface area contributed by atoms with Gasteiger partial charge in [0.05, 0.1) is 30.7 Å². The quantitative estimate of drug-likeness (QED) is 0.714. The van der Waals surface area contributed by atoms with Crippen LogP contribution in [0, 0.1) is 0 Å². The summed E-state index contributed by atoms with van der Waals surface area (Å²) < 4.78 is 39.8. The van der Waals surface area contributed by atoms with E-state index in [2.05, 4.69) is 32.5 Å². The third-order valence-corrected chi connectivity index (χ3v) is 4.96. The number of hydrogen-bond donors (Lipinski definition) is 2. The molecule has 4 heterocycles. The van der Waals surface area contributed by atoms with Gasteiger partial charge in [-0.2, -0.15) is 13.2 Å². The molecule has 3 aromatic rings. The van der Waals surface area contributed by atoms with E-state index in [1.165, 1.54) is 12.3 Å². The Balaban J connectivity index is 1.63. The molecule has 0 radical (unpaired) electrons. The van der Waals surface area contributed by atoms with E-state index >= 15 is 0 Å². The molecule has 0 aromatic carbocycles. The van der Waals surface area contributed by atoms with Crippen LogP contribution in [0.25, 0.3) is 17.0 Å². The molecule has 9 heteroatoms. The Hall–Kier alpha value is -2.68. The molecule has 0 aliphatic carbocycles. The number of piperidine rings is 1. The van der Waals surface area contributed by atoms with Gasteiger partial charge >= 0.3 is 6.18 Å². The number of halogens is 3. The van der Waals surface area contributed by atoms with E-state index in [9.17, 15) is 13.2 Å². The van der Waals surface area contributed by atoms with Crippen molar-refractivity contribution in [2.45, 2.75) is 44.4 Å². The van der Waals surface area contributed by atoms with Crippen molar-refractivity contribution in [2.24, 2.45) is 0 Å². The van der Waals surface area contributed by atoms with E-state index in [1.54, 1.807) is 29.1 Å². The van der Waals surface area contributed by atoms with Crippen molar-refractivity contribution in [1.82, 2.24) is 24.7 Å². The van der Waals surface area contributed by atoms with Crippen LogP contribution in [0.4, 0.5) is 19.0 Å². The zero-order valence-corrected chi connectivity index (χ0v) is 15.4. The van der Waals surface area contributed by atoms with Crippen molar-refractivity contribution < 1.29 is 13.2 Å². The average Bonchev–Trinajstić information content (AvgIpc) is 3.06. The monoisotopic (exact) mass is 390 g/mol. The van der Waals surface area contributed by atoms with Crippen LogP contribution in [0.5, 0.6) is 0 Å². The fourth-order valence-corrected chi connectivity index (χ4v) is 3.54. The largest absolute Gasteiger partial charge is 0.393 e. The zero-order chi connectivity index (χ0) is 19.7. The first kappa shape index (κ1) is 18.7. The maximum Gasteiger partial charge on any atom is 0.393 e. The highest BCUT2D eigenvalue weighted by atomic mass is 19.4. The van der Waals surface area contributed by atoms with Crippen molar-refractivity contribution in [3.63, 3.8) is 0 Å². The first-order chi connectivity index (χ1) is 13.4. The number of hydrogen-bond acceptors (Lipinski definition) is 5. The number of nitrogens with one attached hydrogen (secondary N) is 2. The second-order valence-corrected chi connectivity index (χ2v) is 7.13. The highest BCUT2D eigenvalue weighted by molar-refractivity contribution is 5.61. The molecule has 28 heavy (non-hydrogen) atoms. The molecule has 0 unspecified atom stereocenters. The van der Waals surface area contributed by atoms with Gasteiger partial charge in [-0.25, -0.2) is 9.97 Å². The number of aromatic nitrogens is 4. The summed E-state index contributed by atoms with van der Waals surface area (Å²) in [6, 6.07) is 3.59. The van der Waals surface area contributed by atoms with Gasteiger partial charge in [0.1, 0.15) is 17.2 Å². The van der Waals surface area contributed by atoms with Crippen molar-refractivity contribution >= 4 is 11.5 Å². The molecule has 0 amide bonds. The van der Waals surface area contributed by atoms with Gasteiger partial charge in [0, 0.05) is 18.3 Å². The van der Waals surface area contributed by atoms with E-state index in [-0.39, 0.29) is 11.6 Å². The Kier molecular flexibility index (Phi) is 4.92. The van der Waals surface area contributed by atoms with Gasteiger partial charge < -0.3 is 10.6 Å². The Labute approximate surface area is 160 Å². The fourth-order valence-electron chi connectivity index (χ4n) is 3.54. The van der Waals surface area contributed by atoms with Gasteiger partial charge in [-0.05, 0) is 37.9 Å². The molecule has 0 spiro atoms. The number of imidazole rings is 1. The van der Waals surface area contributed by atoms with Crippen LogP contribution < -0.4 is 10.6 Å². The molecule has 6 nitrogen and oxygen atoms in total. The van der Waals surface area contributed by atoms with Gasteiger partial charge in [0.15, 0.2) is 0 Å². The molecule has 3 aromatic heterocycles. The lowest BCUT2D eigenvalue weighted by Gasteiger charge is -2.30. The zero-order valence-electron chi connectivity index (χ0n) is 15.4. The van der Waals surface area contributed by atoms with E-state index < -0.39 is 12.6 Å². The molecule has 2 N–H and O–H groups in total. The number of pyridine rings is 1. The Bertz CT molecular complexity index is 968. The highest BCUT2D eigenvalue weighted by Crippen LogP contribution is 2.25. The van der Waals surface area contributed by atoms with Crippen molar-refractivity contribution in [2.75, 3.05) is 11.9 Å². The molecule has 1 fully saturated rings. The van der Waals surface area contributed by atoms with Crippen LogP contribution >= 0.6 is 0 Å². The Morgan fingerprint density at radius 1 is 1.25 bits per heavy atom. The minimum atomic E-state index is -4.26. The maximum absolute atomic E-state index is 12.7. The summed E-state index contributed by atoms with van der Waals surface area (Å²) in [6.45, 7) is 3.13. The van der Waals surface area contributed by atoms with E-state index in [0.29, 0.717) is 28.9 Å². The van der Waals surface area contributed by atoms with E-state index in [0.717, 1.165) is 19.4 Å². The number of fused-ring (bicyclic) bond motifs is 1. The summed E-state index contributed by atoms with van der Waals surface area (Å²) in [5, 5.41) is 6.84. The van der Waals surface area contributed by atoms with Gasteiger partial charge in [-0.15, -0.1) is 0 Å². The molecule has 0 saturated carbocycles. The molecule has 1 aliphatic rings. The normalized spacial score (nSPS) is 20.4. The van der Waals surface area contributed by atoms with Gasteiger partial charge in [0.25, 0.3) is 0 Å². The maximum atomic E-state index is 12.7. The van der Waals surface area contributed by atoms with Crippen molar-refractivity contribution in [3.05, 3.63) is 42.5 Å². The van der Waals surface area contributed by atoms with Crippen LogP contribution in [-0.4, -0.2) is 44.2 Å². The summed E-state index contributed by atoms with van der Waals surface area (Å²) in [5.74, 6) is 0.638. The molecule has 2 atom stereocenters. The summed E-state index contributed by atoms with van der Waals surface area (Å²) in [4.78, 5) is 13.1. The summed E-state index contributed by atoms with van der Waals surface area (Å²) >= 11 is 0. The lowest BCUT2D eigenvalue weighted by molar-refractivity contribution is -0.127. The molecule has 4 rings (SSSR count). The third-order valence-electron chi connectivity index (χ3n) is 4.96. The molecule has 0 bridgehead atoms. The highest BCUT2D eigenvalue weighted by Gasteiger charge is 2.28.